The number of nitrogens with zero attached hydrogens (tertiary/aromatic N) is 6. The first-order valence-corrected chi connectivity index (χ1v) is 14.2. The van der Waals surface area contributed by atoms with E-state index in [4.69, 9.17) is 0 Å². The number of benzene rings is 2. The summed E-state index contributed by atoms with van der Waals surface area (Å²) >= 11 is 0. The maximum Gasteiger partial charge on any atom is 0.422 e. The molecule has 1 fully saturated rings. The molecule has 0 radical (unpaired) electrons. The molecule has 3 aromatic rings. The van der Waals surface area contributed by atoms with Gasteiger partial charge in [0.1, 0.15) is 0 Å². The fourth-order valence-electron chi connectivity index (χ4n) is 4.06. The summed E-state index contributed by atoms with van der Waals surface area (Å²) in [7, 11) is -0.573. The van der Waals surface area contributed by atoms with E-state index >= 15 is 0 Å². The third-order valence-electron chi connectivity index (χ3n) is 6.18. The van der Waals surface area contributed by atoms with Crippen LogP contribution in [0, 0.1) is 0 Å². The molecule has 1 aromatic heterocycles. The summed E-state index contributed by atoms with van der Waals surface area (Å²) in [6, 6.07) is 10.7. The first-order chi connectivity index (χ1) is 20.1. The van der Waals surface area contributed by atoms with E-state index in [0.29, 0.717) is 26.2 Å². The fraction of sp³-hybridized carbons (Fsp3) is 0.400. The Kier molecular flexibility index (Phi) is 9.50. The van der Waals surface area contributed by atoms with Crippen LogP contribution < -0.4 is 20.3 Å². The van der Waals surface area contributed by atoms with E-state index in [9.17, 15) is 34.8 Å². The maximum atomic E-state index is 13.1. The second kappa shape index (κ2) is 12.8. The molecule has 1 saturated heterocycles. The van der Waals surface area contributed by atoms with Gasteiger partial charge in [-0.2, -0.15) is 58.3 Å². The number of ether oxygens (including phenoxy) is 1. The van der Waals surface area contributed by atoms with Crippen LogP contribution in [0.3, 0.4) is 0 Å². The Balaban J connectivity index is 1.48. The quantitative estimate of drug-likeness (QED) is 0.318. The van der Waals surface area contributed by atoms with Gasteiger partial charge in [-0.3, -0.25) is 0 Å². The van der Waals surface area contributed by atoms with E-state index in [0.717, 1.165) is 33.8 Å². The highest BCUT2D eigenvalue weighted by Gasteiger charge is 2.31. The average molecular weight is 635 g/mol. The predicted octanol–water partition coefficient (Wildman–Crippen LogP) is 4.12. The van der Waals surface area contributed by atoms with Gasteiger partial charge < -0.3 is 20.3 Å². The van der Waals surface area contributed by atoms with Gasteiger partial charge in [-0.25, -0.2) is 0 Å². The van der Waals surface area contributed by atoms with Crippen LogP contribution in [0.1, 0.15) is 11.1 Å². The summed E-state index contributed by atoms with van der Waals surface area (Å²) in [5.74, 6) is -0.525. The van der Waals surface area contributed by atoms with Crippen molar-refractivity contribution in [2.45, 2.75) is 18.9 Å². The van der Waals surface area contributed by atoms with E-state index in [-0.39, 0.29) is 24.1 Å². The summed E-state index contributed by atoms with van der Waals surface area (Å²) in [4.78, 5) is 13.7. The second-order valence-electron chi connectivity index (χ2n) is 9.57. The van der Waals surface area contributed by atoms with Crippen molar-refractivity contribution in [1.82, 2.24) is 23.6 Å². The van der Waals surface area contributed by atoms with Crippen molar-refractivity contribution in [3.05, 3.63) is 59.7 Å². The first-order valence-electron chi connectivity index (χ1n) is 12.8. The lowest BCUT2D eigenvalue weighted by molar-refractivity contribution is -0.154. The molecule has 0 saturated carbocycles. The van der Waals surface area contributed by atoms with E-state index in [2.05, 4.69) is 30.3 Å². The minimum absolute atomic E-state index is 0.0556. The van der Waals surface area contributed by atoms with E-state index in [1.165, 1.54) is 24.5 Å². The smallest absolute Gasteiger partial charge is 0.422 e. The fourth-order valence-corrected chi connectivity index (χ4v) is 5.14. The summed E-state index contributed by atoms with van der Waals surface area (Å²) in [5, 5.41) is 5.42. The third kappa shape index (κ3) is 8.80. The SMILES string of the molecule is CN(C)S(=O)(=O)N1CCN(c2cccc(CNc3nc(Nc4cccc(C(F)(F)F)c4)nc(OCC(F)(F)F)n3)c2)CC1. The molecule has 234 valence electrons. The predicted molar refractivity (Wildman–Crippen MR) is 146 cm³/mol. The normalized spacial score (nSPS) is 15.0. The standard InChI is InChI=1S/C25H28F6N8O3S/c1-37(2)43(40,41)39-11-9-38(10-12-39)20-8-3-5-17(13-20)15-32-21-34-22(36-23(35-21)42-16-24(26,27)28)33-19-7-4-6-18(14-19)25(29,30)31/h3-8,13-14H,9-12,15-16H2,1-2H3,(H2,32,33,34,35,36). The van der Waals surface area contributed by atoms with Gasteiger partial charge in [0.05, 0.1) is 5.56 Å². The largest absolute Gasteiger partial charge is 0.454 e. The van der Waals surface area contributed by atoms with E-state index < -0.39 is 40.7 Å². The molecule has 0 spiro atoms. The van der Waals surface area contributed by atoms with Crippen molar-refractivity contribution in [2.75, 3.05) is 62.4 Å². The molecule has 1 aliphatic heterocycles. The van der Waals surface area contributed by atoms with Gasteiger partial charge in [-0.15, -0.1) is 0 Å². The number of hydrogen-bond donors (Lipinski definition) is 2. The Bertz CT molecular complexity index is 1510. The molecule has 43 heavy (non-hydrogen) atoms. The van der Waals surface area contributed by atoms with Crippen LogP contribution in [0.4, 0.5) is 49.6 Å². The van der Waals surface area contributed by atoms with Gasteiger partial charge in [0.25, 0.3) is 10.2 Å². The highest BCUT2D eigenvalue weighted by molar-refractivity contribution is 7.86. The lowest BCUT2D eigenvalue weighted by Crippen LogP contribution is -2.51. The van der Waals surface area contributed by atoms with E-state index in [1.54, 1.807) is 12.1 Å². The number of halogens is 6. The molecule has 0 atom stereocenters. The van der Waals surface area contributed by atoms with Crippen LogP contribution in [0.25, 0.3) is 0 Å². The minimum Gasteiger partial charge on any atom is -0.454 e. The molecule has 2 N–H and O–H groups in total. The molecule has 0 aliphatic carbocycles. The van der Waals surface area contributed by atoms with Gasteiger partial charge in [0, 0.05) is 58.2 Å². The maximum absolute atomic E-state index is 13.1. The minimum atomic E-state index is -4.68. The number of aromatic nitrogens is 3. The number of alkyl halides is 6. The highest BCUT2D eigenvalue weighted by atomic mass is 32.2. The molecule has 0 amide bonds. The zero-order valence-electron chi connectivity index (χ0n) is 22.9. The topological polar surface area (TPSA) is 116 Å². The van der Waals surface area contributed by atoms with Gasteiger partial charge in [0.15, 0.2) is 6.61 Å². The number of piperazine rings is 1. The zero-order chi connectivity index (χ0) is 31.4. The van der Waals surface area contributed by atoms with Crippen LogP contribution >= 0.6 is 0 Å². The van der Waals surface area contributed by atoms with Gasteiger partial charge in [-0.05, 0) is 35.9 Å². The molecule has 1 aliphatic rings. The van der Waals surface area contributed by atoms with Crippen molar-refractivity contribution in [2.24, 2.45) is 0 Å². The third-order valence-corrected chi connectivity index (χ3v) is 8.12. The number of anilines is 4. The van der Waals surface area contributed by atoms with Crippen LogP contribution in [-0.4, -0.2) is 85.0 Å². The molecule has 18 heteroatoms. The van der Waals surface area contributed by atoms with Gasteiger partial charge in [-0.1, -0.05) is 18.2 Å². The Hall–Kier alpha value is -3.90. The molecule has 2 heterocycles. The lowest BCUT2D eigenvalue weighted by atomic mass is 10.1. The molecule has 11 nitrogen and oxygen atoms in total. The van der Waals surface area contributed by atoms with Crippen molar-refractivity contribution in [1.29, 1.82) is 0 Å². The lowest BCUT2D eigenvalue weighted by Gasteiger charge is -2.36. The Morgan fingerprint density at radius 1 is 0.907 bits per heavy atom. The van der Waals surface area contributed by atoms with Crippen LogP contribution in [-0.2, 0) is 22.9 Å². The summed E-state index contributed by atoms with van der Waals surface area (Å²) in [6.07, 6.45) is -9.30. The average Bonchev–Trinajstić information content (AvgIpc) is 2.94. The number of rotatable bonds is 10. The van der Waals surface area contributed by atoms with Gasteiger partial charge in [0.2, 0.25) is 11.9 Å². The van der Waals surface area contributed by atoms with Crippen molar-refractivity contribution < 1.29 is 39.5 Å². The van der Waals surface area contributed by atoms with Crippen molar-refractivity contribution in [3.63, 3.8) is 0 Å². The summed E-state index contributed by atoms with van der Waals surface area (Å²) in [5.41, 5.74) is 0.573. The molecule has 0 unspecified atom stereocenters. The zero-order valence-corrected chi connectivity index (χ0v) is 23.8. The summed E-state index contributed by atoms with van der Waals surface area (Å²) in [6.45, 7) is -0.0463. The molecule has 4 rings (SSSR count). The Morgan fingerprint density at radius 2 is 1.58 bits per heavy atom. The monoisotopic (exact) mass is 634 g/mol. The molecule has 0 bridgehead atoms. The Labute approximate surface area is 243 Å². The van der Waals surface area contributed by atoms with Crippen molar-refractivity contribution >= 4 is 33.5 Å². The van der Waals surface area contributed by atoms with Crippen molar-refractivity contribution in [3.8, 4) is 6.01 Å². The first kappa shape index (κ1) is 32.0. The van der Waals surface area contributed by atoms with Crippen LogP contribution in [0.15, 0.2) is 48.5 Å². The number of nitrogens with one attached hydrogen (secondary N) is 2. The second-order valence-corrected chi connectivity index (χ2v) is 11.7. The molecular weight excluding hydrogens is 606 g/mol. The molecular formula is C25H28F6N8O3S. The molecule has 2 aromatic carbocycles. The van der Waals surface area contributed by atoms with Gasteiger partial charge >= 0.3 is 18.4 Å². The van der Waals surface area contributed by atoms with Crippen LogP contribution in [0.2, 0.25) is 0 Å². The Morgan fingerprint density at radius 3 is 2.23 bits per heavy atom. The van der Waals surface area contributed by atoms with Crippen LogP contribution in [0.5, 0.6) is 6.01 Å². The van der Waals surface area contributed by atoms with E-state index in [1.807, 2.05) is 17.0 Å². The summed E-state index contributed by atoms with van der Waals surface area (Å²) < 4.78 is 110. The number of hydrogen-bond acceptors (Lipinski definition) is 9. The highest BCUT2D eigenvalue weighted by Crippen LogP contribution is 2.31.